The molecule has 132 valence electrons. The normalized spacial score (nSPS) is 11.5. The zero-order chi connectivity index (χ0) is 18.7. The van der Waals surface area contributed by atoms with Crippen molar-refractivity contribution in [3.63, 3.8) is 0 Å². The maximum atomic E-state index is 12.5. The Morgan fingerprint density at radius 1 is 1.27 bits per heavy atom. The van der Waals surface area contributed by atoms with E-state index in [4.69, 9.17) is 9.68 Å². The molecule has 0 saturated heterocycles. The fraction of sp³-hybridized carbons (Fsp3) is 0.200. The highest BCUT2D eigenvalue weighted by Crippen LogP contribution is 2.30. The number of benzene rings is 1. The Morgan fingerprint density at radius 3 is 2.73 bits per heavy atom. The molecule has 2 aromatic heterocycles. The van der Waals surface area contributed by atoms with Gasteiger partial charge in [-0.15, -0.1) is 11.3 Å². The van der Waals surface area contributed by atoms with E-state index < -0.39 is 5.63 Å². The summed E-state index contributed by atoms with van der Waals surface area (Å²) in [6, 6.07) is 12.9. The molecule has 0 bridgehead atoms. The summed E-state index contributed by atoms with van der Waals surface area (Å²) in [6.07, 6.45) is 1.37. The van der Waals surface area contributed by atoms with Gasteiger partial charge in [0.25, 0.3) is 0 Å². The van der Waals surface area contributed by atoms with Crippen LogP contribution in [-0.4, -0.2) is 18.2 Å². The fourth-order valence-electron chi connectivity index (χ4n) is 2.80. The smallest absolute Gasteiger partial charge is 0.345 e. The highest BCUT2D eigenvalue weighted by molar-refractivity contribution is 7.16. The molecule has 0 amide bonds. The van der Waals surface area contributed by atoms with Crippen LogP contribution >= 0.6 is 11.3 Å². The average Bonchev–Trinajstić information content (AvgIpc) is 3.10. The number of hydrogen-bond donors (Lipinski definition) is 1. The van der Waals surface area contributed by atoms with Crippen molar-refractivity contribution in [1.29, 1.82) is 5.26 Å². The Labute approximate surface area is 155 Å². The van der Waals surface area contributed by atoms with Gasteiger partial charge in [-0.1, -0.05) is 0 Å². The van der Waals surface area contributed by atoms with E-state index in [1.54, 1.807) is 18.2 Å². The van der Waals surface area contributed by atoms with Gasteiger partial charge >= 0.3 is 5.63 Å². The first-order valence-corrected chi connectivity index (χ1v) is 9.11. The largest absolute Gasteiger partial charge is 0.499 e. The highest BCUT2D eigenvalue weighted by Gasteiger charge is 2.12. The molecule has 5 nitrogen and oxygen atoms in total. The van der Waals surface area contributed by atoms with Crippen molar-refractivity contribution in [3.8, 4) is 16.5 Å². The van der Waals surface area contributed by atoms with Crippen molar-refractivity contribution in [2.75, 3.05) is 18.0 Å². The van der Waals surface area contributed by atoms with Crippen LogP contribution in [0.3, 0.4) is 0 Å². The number of hydrogen-bond acceptors (Lipinski definition) is 6. The summed E-state index contributed by atoms with van der Waals surface area (Å²) in [5, 5.41) is 18.8. The van der Waals surface area contributed by atoms with Crippen LogP contribution in [0.15, 0.2) is 51.4 Å². The van der Waals surface area contributed by atoms with Crippen LogP contribution in [-0.2, 0) is 0 Å². The van der Waals surface area contributed by atoms with Gasteiger partial charge in [0, 0.05) is 46.1 Å². The molecule has 0 aliphatic heterocycles. The lowest BCUT2D eigenvalue weighted by molar-refractivity contribution is 0.442. The summed E-state index contributed by atoms with van der Waals surface area (Å²) in [6.45, 7) is 5.93. The Balaban J connectivity index is 2.04. The quantitative estimate of drug-likeness (QED) is 0.304. The van der Waals surface area contributed by atoms with E-state index in [0.717, 1.165) is 29.0 Å². The molecule has 26 heavy (non-hydrogen) atoms. The van der Waals surface area contributed by atoms with E-state index in [1.165, 1.54) is 17.4 Å². The number of anilines is 1. The van der Waals surface area contributed by atoms with Crippen molar-refractivity contribution in [2.45, 2.75) is 13.8 Å². The number of rotatable bonds is 5. The van der Waals surface area contributed by atoms with Crippen LogP contribution < -0.4 is 10.5 Å². The fourth-order valence-corrected chi connectivity index (χ4v) is 3.75. The topological polar surface area (TPSA) is 77.5 Å². The lowest BCUT2D eigenvalue weighted by Gasteiger charge is -2.20. The van der Waals surface area contributed by atoms with Crippen molar-refractivity contribution < 1.29 is 9.52 Å². The number of allylic oxidation sites excluding steroid dienone is 1. The molecular formula is C20H18N2O3S. The first-order chi connectivity index (χ1) is 12.5. The minimum absolute atomic E-state index is 0.368. The third kappa shape index (κ3) is 3.48. The summed E-state index contributed by atoms with van der Waals surface area (Å²) in [5.41, 5.74) is 1.64. The monoisotopic (exact) mass is 366 g/mol. The molecule has 0 aliphatic carbocycles. The maximum Gasteiger partial charge on any atom is 0.345 e. The van der Waals surface area contributed by atoms with Crippen LogP contribution in [0.25, 0.3) is 27.5 Å². The van der Waals surface area contributed by atoms with Gasteiger partial charge in [0.05, 0.1) is 5.56 Å². The lowest BCUT2D eigenvalue weighted by Crippen LogP contribution is -2.21. The SMILES string of the molecule is CCN(CC)c1ccc2cc(-c3ccc(/C=C(/O)C#N)s3)c(=O)oc2c1. The molecule has 0 atom stereocenters. The van der Waals surface area contributed by atoms with Gasteiger partial charge in [-0.3, -0.25) is 0 Å². The number of nitrogens with zero attached hydrogens (tertiary/aromatic N) is 2. The molecule has 0 saturated carbocycles. The number of aliphatic hydroxyl groups excluding tert-OH is 1. The first kappa shape index (κ1) is 17.8. The van der Waals surface area contributed by atoms with E-state index in [0.29, 0.717) is 16.0 Å². The predicted octanol–water partition coefficient (Wildman–Crippen LogP) is 4.79. The van der Waals surface area contributed by atoms with Crippen LogP contribution in [0, 0.1) is 11.3 Å². The zero-order valence-corrected chi connectivity index (χ0v) is 15.3. The third-order valence-corrected chi connectivity index (χ3v) is 5.20. The first-order valence-electron chi connectivity index (χ1n) is 8.29. The van der Waals surface area contributed by atoms with Gasteiger partial charge in [-0.05, 0) is 44.2 Å². The predicted molar refractivity (Wildman–Crippen MR) is 106 cm³/mol. The molecule has 3 rings (SSSR count). The van der Waals surface area contributed by atoms with Gasteiger partial charge in [-0.2, -0.15) is 5.26 Å². The van der Waals surface area contributed by atoms with Crippen molar-refractivity contribution in [1.82, 2.24) is 0 Å². The molecule has 6 heteroatoms. The summed E-state index contributed by atoms with van der Waals surface area (Å²) < 4.78 is 5.55. The molecule has 1 N–H and O–H groups in total. The summed E-state index contributed by atoms with van der Waals surface area (Å²) in [5.74, 6) is -0.368. The van der Waals surface area contributed by atoms with E-state index >= 15 is 0 Å². The molecule has 0 radical (unpaired) electrons. The van der Waals surface area contributed by atoms with E-state index in [2.05, 4.69) is 18.7 Å². The standard InChI is InChI=1S/C20H18N2O3S/c1-3-22(4-2)14-6-5-13-9-17(20(24)25-18(13)10-14)19-8-7-16(26-19)11-15(23)12-21/h5-11,23H,3-4H2,1-2H3/b15-11+. The van der Waals surface area contributed by atoms with Crippen LogP contribution in [0.2, 0.25) is 0 Å². The second kappa shape index (κ2) is 7.46. The molecular weight excluding hydrogens is 348 g/mol. The lowest BCUT2D eigenvalue weighted by atomic mass is 10.1. The number of nitriles is 1. The molecule has 2 heterocycles. The van der Waals surface area contributed by atoms with E-state index in [1.807, 2.05) is 24.3 Å². The van der Waals surface area contributed by atoms with Gasteiger partial charge in [0.2, 0.25) is 0 Å². The molecule has 0 unspecified atom stereocenters. The van der Waals surface area contributed by atoms with Gasteiger partial charge < -0.3 is 14.4 Å². The number of fused-ring (bicyclic) bond motifs is 1. The Kier molecular flexibility index (Phi) is 5.10. The molecule has 0 spiro atoms. The summed E-state index contributed by atoms with van der Waals surface area (Å²) in [4.78, 5) is 16.1. The highest BCUT2D eigenvalue weighted by atomic mass is 32.1. The van der Waals surface area contributed by atoms with Gasteiger partial charge in [0.1, 0.15) is 11.7 Å². The zero-order valence-electron chi connectivity index (χ0n) is 14.5. The van der Waals surface area contributed by atoms with Crippen molar-refractivity contribution in [2.24, 2.45) is 0 Å². The molecule has 0 aliphatic rings. The van der Waals surface area contributed by atoms with E-state index in [-0.39, 0.29) is 5.76 Å². The van der Waals surface area contributed by atoms with Gasteiger partial charge in [-0.25, -0.2) is 4.79 Å². The third-order valence-electron chi connectivity index (χ3n) is 4.13. The Morgan fingerprint density at radius 2 is 2.04 bits per heavy atom. The molecule has 1 aromatic carbocycles. The van der Waals surface area contributed by atoms with Gasteiger partial charge in [0.15, 0.2) is 5.76 Å². The second-order valence-corrected chi connectivity index (χ2v) is 6.80. The maximum absolute atomic E-state index is 12.5. The van der Waals surface area contributed by atoms with Crippen molar-refractivity contribution in [3.05, 3.63) is 57.5 Å². The van der Waals surface area contributed by atoms with Crippen LogP contribution in [0.4, 0.5) is 5.69 Å². The molecule has 0 fully saturated rings. The Hall–Kier alpha value is -3.04. The Bertz CT molecular complexity index is 1070. The van der Waals surface area contributed by atoms with Crippen LogP contribution in [0.5, 0.6) is 0 Å². The molecule has 3 aromatic rings. The number of thiophene rings is 1. The van der Waals surface area contributed by atoms with E-state index in [9.17, 15) is 9.90 Å². The summed E-state index contributed by atoms with van der Waals surface area (Å²) in [7, 11) is 0. The average molecular weight is 366 g/mol. The van der Waals surface area contributed by atoms with Crippen molar-refractivity contribution >= 4 is 34.1 Å². The minimum atomic E-state index is -0.406. The summed E-state index contributed by atoms with van der Waals surface area (Å²) >= 11 is 1.31. The number of aliphatic hydroxyl groups is 1. The minimum Gasteiger partial charge on any atom is -0.499 e. The second-order valence-electron chi connectivity index (χ2n) is 5.69. The van der Waals surface area contributed by atoms with Crippen LogP contribution in [0.1, 0.15) is 18.7 Å².